The molecule has 0 saturated heterocycles. The summed E-state index contributed by atoms with van der Waals surface area (Å²) < 4.78 is 2.11. The number of benzene rings is 1. The van der Waals surface area contributed by atoms with Gasteiger partial charge in [0.2, 0.25) is 0 Å². The summed E-state index contributed by atoms with van der Waals surface area (Å²) in [6.07, 6.45) is 0. The Labute approximate surface area is 125 Å². The van der Waals surface area contributed by atoms with Crippen molar-refractivity contribution in [3.8, 4) is 5.69 Å². The van der Waals surface area contributed by atoms with Crippen molar-refractivity contribution in [1.29, 1.82) is 0 Å². The van der Waals surface area contributed by atoms with Crippen molar-refractivity contribution in [3.63, 3.8) is 0 Å². The first-order valence-electron chi connectivity index (χ1n) is 6.77. The highest BCUT2D eigenvalue weighted by molar-refractivity contribution is 6.33. The summed E-state index contributed by atoms with van der Waals surface area (Å²) in [6, 6.07) is 8.26. The van der Waals surface area contributed by atoms with E-state index < -0.39 is 5.38 Å². The maximum absolute atomic E-state index is 12.1. The second kappa shape index (κ2) is 5.45. The Bertz CT molecular complexity index is 668. The molecule has 1 unspecified atom stereocenters. The summed E-state index contributed by atoms with van der Waals surface area (Å²) in [7, 11) is 0. The van der Waals surface area contributed by atoms with Crippen LogP contribution in [-0.4, -0.2) is 15.7 Å². The van der Waals surface area contributed by atoms with Gasteiger partial charge in [0.05, 0.1) is 5.38 Å². The zero-order chi connectivity index (χ0) is 15.0. The zero-order valence-corrected chi connectivity index (χ0v) is 13.4. The van der Waals surface area contributed by atoms with Gasteiger partial charge in [-0.05, 0) is 63.9 Å². The molecular weight excluding hydrogens is 270 g/mol. The van der Waals surface area contributed by atoms with Crippen molar-refractivity contribution in [2.45, 2.75) is 40.0 Å². The minimum Gasteiger partial charge on any atom is -0.318 e. The van der Waals surface area contributed by atoms with E-state index in [1.807, 2.05) is 19.9 Å². The number of carbonyl (C=O) groups excluding carboxylic acids is 1. The van der Waals surface area contributed by atoms with E-state index in [1.54, 1.807) is 6.92 Å². The van der Waals surface area contributed by atoms with Gasteiger partial charge in [0.15, 0.2) is 5.78 Å². The normalized spacial score (nSPS) is 12.5. The highest BCUT2D eigenvalue weighted by atomic mass is 35.5. The summed E-state index contributed by atoms with van der Waals surface area (Å²) in [5, 5.41) is -0.497. The van der Waals surface area contributed by atoms with E-state index in [-0.39, 0.29) is 5.78 Å². The Morgan fingerprint density at radius 1 is 1.10 bits per heavy atom. The van der Waals surface area contributed by atoms with Gasteiger partial charge >= 0.3 is 0 Å². The fraction of sp³-hybridized carbons (Fsp3) is 0.353. The topological polar surface area (TPSA) is 22.0 Å². The molecule has 0 bridgehead atoms. The molecule has 2 aromatic rings. The number of aryl methyl sites for hydroxylation is 3. The van der Waals surface area contributed by atoms with Crippen molar-refractivity contribution in [2.24, 2.45) is 0 Å². The monoisotopic (exact) mass is 289 g/mol. The van der Waals surface area contributed by atoms with Gasteiger partial charge in [-0.2, -0.15) is 0 Å². The molecule has 3 heteroatoms. The molecule has 0 aliphatic heterocycles. The average Bonchev–Trinajstić information content (AvgIpc) is 2.67. The molecule has 0 radical (unpaired) electrons. The SMILES string of the molecule is Cc1ccc(-n2c(C)cc(C(=O)C(C)Cl)c2C)cc1C. The van der Waals surface area contributed by atoms with Gasteiger partial charge < -0.3 is 4.57 Å². The zero-order valence-electron chi connectivity index (χ0n) is 12.6. The Kier molecular flexibility index (Phi) is 4.05. The lowest BCUT2D eigenvalue weighted by Gasteiger charge is -2.12. The number of aromatic nitrogens is 1. The maximum atomic E-state index is 12.1. The third-order valence-corrected chi connectivity index (χ3v) is 4.00. The summed E-state index contributed by atoms with van der Waals surface area (Å²) in [4.78, 5) is 12.1. The van der Waals surface area contributed by atoms with Crippen LogP contribution in [0.25, 0.3) is 5.69 Å². The lowest BCUT2D eigenvalue weighted by molar-refractivity contribution is 0.0991. The van der Waals surface area contributed by atoms with Gasteiger partial charge in [-0.1, -0.05) is 6.07 Å². The first-order chi connectivity index (χ1) is 9.32. The standard InChI is InChI=1S/C17H20ClNO/c1-10-6-7-15(8-11(10)2)19-12(3)9-16(14(19)5)17(20)13(4)18/h6-9,13H,1-5H3. The summed E-state index contributed by atoms with van der Waals surface area (Å²) >= 11 is 5.93. The van der Waals surface area contributed by atoms with Crippen LogP contribution in [-0.2, 0) is 0 Å². The van der Waals surface area contributed by atoms with Gasteiger partial charge in [-0.15, -0.1) is 11.6 Å². The highest BCUT2D eigenvalue weighted by Crippen LogP contribution is 2.24. The van der Waals surface area contributed by atoms with Crippen LogP contribution in [0.2, 0.25) is 0 Å². The van der Waals surface area contributed by atoms with Crippen LogP contribution >= 0.6 is 11.6 Å². The largest absolute Gasteiger partial charge is 0.318 e. The molecule has 0 fully saturated rings. The maximum Gasteiger partial charge on any atom is 0.182 e. The number of alkyl halides is 1. The van der Waals surface area contributed by atoms with Crippen LogP contribution in [0.5, 0.6) is 0 Å². The number of hydrogen-bond acceptors (Lipinski definition) is 1. The molecule has 0 amide bonds. The van der Waals surface area contributed by atoms with Gasteiger partial charge in [-0.25, -0.2) is 0 Å². The van der Waals surface area contributed by atoms with Crippen LogP contribution in [0.3, 0.4) is 0 Å². The van der Waals surface area contributed by atoms with Crippen LogP contribution in [0, 0.1) is 27.7 Å². The lowest BCUT2D eigenvalue weighted by Crippen LogP contribution is -2.11. The van der Waals surface area contributed by atoms with Crippen molar-refractivity contribution in [3.05, 3.63) is 52.3 Å². The Morgan fingerprint density at radius 2 is 1.75 bits per heavy atom. The highest BCUT2D eigenvalue weighted by Gasteiger charge is 2.20. The van der Waals surface area contributed by atoms with Crippen LogP contribution < -0.4 is 0 Å². The fourth-order valence-electron chi connectivity index (χ4n) is 2.49. The van der Waals surface area contributed by atoms with Gasteiger partial charge in [0.1, 0.15) is 0 Å². The third-order valence-electron chi connectivity index (χ3n) is 3.81. The molecule has 2 nitrogen and oxygen atoms in total. The quantitative estimate of drug-likeness (QED) is 0.601. The number of hydrogen-bond donors (Lipinski definition) is 0. The molecule has 2 rings (SSSR count). The molecule has 1 aromatic carbocycles. The second-order valence-corrected chi connectivity index (χ2v) is 6.02. The predicted molar refractivity (Wildman–Crippen MR) is 84.4 cm³/mol. The minimum absolute atomic E-state index is 0.0187. The fourth-order valence-corrected chi connectivity index (χ4v) is 2.61. The van der Waals surface area contributed by atoms with E-state index in [2.05, 4.69) is 36.6 Å². The molecule has 0 N–H and O–H groups in total. The van der Waals surface area contributed by atoms with Crippen LogP contribution in [0.1, 0.15) is 39.8 Å². The summed E-state index contributed by atoms with van der Waals surface area (Å²) in [6.45, 7) is 9.89. The molecule has 0 saturated carbocycles. The van der Waals surface area contributed by atoms with E-state index in [4.69, 9.17) is 11.6 Å². The Hall–Kier alpha value is -1.54. The molecular formula is C17H20ClNO. The molecule has 20 heavy (non-hydrogen) atoms. The number of nitrogens with zero attached hydrogens (tertiary/aromatic N) is 1. The van der Waals surface area contributed by atoms with E-state index in [0.717, 1.165) is 17.1 Å². The predicted octanol–water partition coefficient (Wildman–Crippen LogP) is 4.52. The first-order valence-corrected chi connectivity index (χ1v) is 7.21. The van der Waals surface area contributed by atoms with Crippen molar-refractivity contribution in [1.82, 2.24) is 4.57 Å². The van der Waals surface area contributed by atoms with E-state index in [1.165, 1.54) is 11.1 Å². The number of rotatable bonds is 3. The molecule has 106 valence electrons. The summed E-state index contributed by atoms with van der Waals surface area (Å²) in [5.41, 5.74) is 6.30. The smallest absolute Gasteiger partial charge is 0.182 e. The lowest BCUT2D eigenvalue weighted by atomic mass is 10.1. The average molecular weight is 290 g/mol. The number of Topliss-reactive ketones (excluding diaryl/α,β-unsaturated/α-hetero) is 1. The number of ketones is 1. The van der Waals surface area contributed by atoms with Gasteiger partial charge in [0.25, 0.3) is 0 Å². The third kappa shape index (κ3) is 2.53. The molecule has 1 atom stereocenters. The van der Waals surface area contributed by atoms with E-state index in [0.29, 0.717) is 5.56 Å². The summed E-state index contributed by atoms with van der Waals surface area (Å²) in [5.74, 6) is -0.0187. The molecule has 0 aliphatic rings. The second-order valence-electron chi connectivity index (χ2n) is 5.37. The van der Waals surface area contributed by atoms with Gasteiger partial charge in [0, 0.05) is 22.6 Å². The van der Waals surface area contributed by atoms with Gasteiger partial charge in [-0.3, -0.25) is 4.79 Å². The molecule has 1 aromatic heterocycles. The first kappa shape index (κ1) is 14.9. The van der Waals surface area contributed by atoms with Crippen molar-refractivity contribution < 1.29 is 4.79 Å². The molecule has 0 aliphatic carbocycles. The van der Waals surface area contributed by atoms with E-state index >= 15 is 0 Å². The van der Waals surface area contributed by atoms with E-state index in [9.17, 15) is 4.79 Å². The van der Waals surface area contributed by atoms with Crippen molar-refractivity contribution >= 4 is 17.4 Å². The van der Waals surface area contributed by atoms with Crippen molar-refractivity contribution in [2.75, 3.05) is 0 Å². The Morgan fingerprint density at radius 3 is 2.30 bits per heavy atom. The van der Waals surface area contributed by atoms with Crippen LogP contribution in [0.4, 0.5) is 0 Å². The molecule has 1 heterocycles. The Balaban J connectivity index is 2.58. The number of carbonyl (C=O) groups is 1. The van der Waals surface area contributed by atoms with Crippen LogP contribution in [0.15, 0.2) is 24.3 Å². The number of halogens is 1. The minimum atomic E-state index is -0.497. The molecule has 0 spiro atoms.